The topological polar surface area (TPSA) is 47.1 Å². The first-order valence-electron chi connectivity index (χ1n) is 6.79. The minimum atomic E-state index is 0.739. The lowest BCUT2D eigenvalue weighted by molar-refractivity contribution is 0.232. The Morgan fingerprint density at radius 1 is 1.53 bits per heavy atom. The number of hydrogen-bond donors (Lipinski definition) is 1. The van der Waals surface area contributed by atoms with Crippen LogP contribution in [0.3, 0.4) is 0 Å². The molecule has 1 atom stereocenters. The van der Waals surface area contributed by atoms with Crippen molar-refractivity contribution in [3.8, 4) is 0 Å². The van der Waals surface area contributed by atoms with Crippen molar-refractivity contribution in [2.24, 2.45) is 5.73 Å². The maximum Gasteiger partial charge on any atom is 0.0534 e. The van der Waals surface area contributed by atoms with Gasteiger partial charge in [-0.1, -0.05) is 0 Å². The molecule has 2 rings (SSSR count). The van der Waals surface area contributed by atoms with Crippen molar-refractivity contribution in [1.82, 2.24) is 14.7 Å². The summed E-state index contributed by atoms with van der Waals surface area (Å²) in [5.74, 6) is 0. The van der Waals surface area contributed by atoms with Crippen molar-refractivity contribution < 1.29 is 0 Å². The highest BCUT2D eigenvalue weighted by Crippen LogP contribution is 2.23. The number of likely N-dealkylation sites (tertiary alicyclic amines) is 1. The van der Waals surface area contributed by atoms with E-state index in [1.54, 1.807) is 0 Å². The Labute approximate surface area is 104 Å². The van der Waals surface area contributed by atoms with E-state index in [2.05, 4.69) is 23.1 Å². The highest BCUT2D eigenvalue weighted by atomic mass is 15.3. The lowest BCUT2D eigenvalue weighted by Gasteiger charge is -2.23. The molecule has 1 saturated heterocycles. The Morgan fingerprint density at radius 2 is 2.41 bits per heavy atom. The van der Waals surface area contributed by atoms with Crippen LogP contribution in [-0.2, 0) is 13.1 Å². The predicted octanol–water partition coefficient (Wildman–Crippen LogP) is 1.61. The molecule has 0 bridgehead atoms. The molecular formula is C13H24N4. The van der Waals surface area contributed by atoms with Gasteiger partial charge in [0.25, 0.3) is 0 Å². The van der Waals surface area contributed by atoms with E-state index in [9.17, 15) is 0 Å². The number of rotatable bonds is 6. The van der Waals surface area contributed by atoms with Crippen molar-refractivity contribution in [3.63, 3.8) is 0 Å². The largest absolute Gasteiger partial charge is 0.330 e. The zero-order valence-electron chi connectivity index (χ0n) is 10.8. The van der Waals surface area contributed by atoms with Gasteiger partial charge in [-0.2, -0.15) is 5.10 Å². The van der Waals surface area contributed by atoms with Gasteiger partial charge in [-0.25, -0.2) is 0 Å². The highest BCUT2D eigenvalue weighted by molar-refractivity contribution is 5.04. The molecule has 0 aromatic carbocycles. The Bertz CT molecular complexity index is 334. The first-order valence-corrected chi connectivity index (χ1v) is 6.79. The maximum atomic E-state index is 5.59. The molecule has 4 nitrogen and oxygen atoms in total. The van der Waals surface area contributed by atoms with E-state index >= 15 is 0 Å². The summed E-state index contributed by atoms with van der Waals surface area (Å²) in [5.41, 5.74) is 6.93. The summed E-state index contributed by atoms with van der Waals surface area (Å²) in [5, 5.41) is 4.33. The van der Waals surface area contributed by atoms with E-state index in [1.165, 1.54) is 31.4 Å². The standard InChI is InChI=1S/C13H24N4/c1-2-17-11-12(9-15-17)10-16-8-4-6-13(16)5-3-7-14/h9,11,13H,2-8,10,14H2,1H3. The van der Waals surface area contributed by atoms with Crippen LogP contribution >= 0.6 is 0 Å². The highest BCUT2D eigenvalue weighted by Gasteiger charge is 2.23. The Kier molecular flexibility index (Phi) is 4.57. The summed E-state index contributed by atoms with van der Waals surface area (Å²) in [6.07, 6.45) is 9.23. The average molecular weight is 236 g/mol. The van der Waals surface area contributed by atoms with Gasteiger partial charge in [-0.3, -0.25) is 9.58 Å². The molecule has 0 radical (unpaired) electrons. The average Bonchev–Trinajstić information content (AvgIpc) is 2.96. The number of hydrogen-bond acceptors (Lipinski definition) is 3. The van der Waals surface area contributed by atoms with E-state index in [0.717, 1.165) is 32.1 Å². The molecule has 1 aromatic heterocycles. The van der Waals surface area contributed by atoms with Gasteiger partial charge in [0.15, 0.2) is 0 Å². The molecule has 17 heavy (non-hydrogen) atoms. The molecule has 1 aliphatic rings. The fraction of sp³-hybridized carbons (Fsp3) is 0.769. The number of nitrogens with two attached hydrogens (primary N) is 1. The third-order valence-corrected chi connectivity index (χ3v) is 3.64. The first kappa shape index (κ1) is 12.6. The van der Waals surface area contributed by atoms with E-state index in [4.69, 9.17) is 5.73 Å². The second-order valence-electron chi connectivity index (χ2n) is 4.90. The Balaban J connectivity index is 1.88. The second kappa shape index (κ2) is 6.17. The van der Waals surface area contributed by atoms with Crippen molar-refractivity contribution in [2.45, 2.75) is 51.7 Å². The molecule has 0 saturated carbocycles. The minimum Gasteiger partial charge on any atom is -0.330 e. The Hall–Kier alpha value is -0.870. The van der Waals surface area contributed by atoms with Gasteiger partial charge in [0, 0.05) is 30.9 Å². The predicted molar refractivity (Wildman–Crippen MR) is 69.6 cm³/mol. The fourth-order valence-corrected chi connectivity index (χ4v) is 2.68. The van der Waals surface area contributed by atoms with Gasteiger partial charge in [0.2, 0.25) is 0 Å². The summed E-state index contributed by atoms with van der Waals surface area (Å²) < 4.78 is 2.00. The molecule has 96 valence electrons. The van der Waals surface area contributed by atoms with Crippen molar-refractivity contribution in [1.29, 1.82) is 0 Å². The molecule has 1 aliphatic heterocycles. The third-order valence-electron chi connectivity index (χ3n) is 3.64. The lowest BCUT2D eigenvalue weighted by atomic mass is 10.1. The van der Waals surface area contributed by atoms with Crippen LogP contribution in [0.2, 0.25) is 0 Å². The molecule has 1 fully saturated rings. The molecule has 2 heterocycles. The molecule has 2 N–H and O–H groups in total. The van der Waals surface area contributed by atoms with Gasteiger partial charge in [-0.05, 0) is 45.7 Å². The van der Waals surface area contributed by atoms with Gasteiger partial charge in [0.05, 0.1) is 6.20 Å². The normalized spacial score (nSPS) is 21.2. The van der Waals surface area contributed by atoms with Crippen molar-refractivity contribution >= 4 is 0 Å². The number of nitrogens with zero attached hydrogens (tertiary/aromatic N) is 3. The van der Waals surface area contributed by atoms with Crippen LogP contribution in [0.5, 0.6) is 0 Å². The quantitative estimate of drug-likeness (QED) is 0.816. The smallest absolute Gasteiger partial charge is 0.0534 e. The second-order valence-corrected chi connectivity index (χ2v) is 4.90. The molecule has 1 unspecified atom stereocenters. The zero-order chi connectivity index (χ0) is 12.1. The Morgan fingerprint density at radius 3 is 3.12 bits per heavy atom. The molecule has 4 heteroatoms. The van der Waals surface area contributed by atoms with Gasteiger partial charge in [-0.15, -0.1) is 0 Å². The van der Waals surface area contributed by atoms with Crippen molar-refractivity contribution in [3.05, 3.63) is 18.0 Å². The number of aryl methyl sites for hydroxylation is 1. The summed E-state index contributed by atoms with van der Waals surface area (Å²) in [6, 6.07) is 0.739. The summed E-state index contributed by atoms with van der Waals surface area (Å²) in [6.45, 7) is 6.17. The molecule has 0 aliphatic carbocycles. The fourth-order valence-electron chi connectivity index (χ4n) is 2.68. The first-order chi connectivity index (χ1) is 8.33. The van der Waals surface area contributed by atoms with Gasteiger partial charge < -0.3 is 5.73 Å². The van der Waals surface area contributed by atoms with Crippen LogP contribution < -0.4 is 5.73 Å². The van der Waals surface area contributed by atoms with E-state index < -0.39 is 0 Å². The molecule has 1 aromatic rings. The monoisotopic (exact) mass is 236 g/mol. The van der Waals surface area contributed by atoms with E-state index in [-0.39, 0.29) is 0 Å². The van der Waals surface area contributed by atoms with Gasteiger partial charge in [0.1, 0.15) is 0 Å². The summed E-state index contributed by atoms with van der Waals surface area (Å²) in [4.78, 5) is 2.59. The van der Waals surface area contributed by atoms with Crippen LogP contribution in [0.4, 0.5) is 0 Å². The van der Waals surface area contributed by atoms with Crippen molar-refractivity contribution in [2.75, 3.05) is 13.1 Å². The van der Waals surface area contributed by atoms with Crippen LogP contribution in [0, 0.1) is 0 Å². The minimum absolute atomic E-state index is 0.739. The molecule has 0 amide bonds. The number of aromatic nitrogens is 2. The maximum absolute atomic E-state index is 5.59. The third kappa shape index (κ3) is 3.30. The lowest BCUT2D eigenvalue weighted by Crippen LogP contribution is -2.29. The van der Waals surface area contributed by atoms with Crippen LogP contribution in [0.25, 0.3) is 0 Å². The zero-order valence-corrected chi connectivity index (χ0v) is 10.8. The molecule has 0 spiro atoms. The summed E-state index contributed by atoms with van der Waals surface area (Å²) in [7, 11) is 0. The van der Waals surface area contributed by atoms with Crippen LogP contribution in [-0.4, -0.2) is 33.8 Å². The van der Waals surface area contributed by atoms with Gasteiger partial charge >= 0.3 is 0 Å². The van der Waals surface area contributed by atoms with Crippen LogP contribution in [0.15, 0.2) is 12.4 Å². The van der Waals surface area contributed by atoms with E-state index in [0.29, 0.717) is 0 Å². The van der Waals surface area contributed by atoms with Crippen LogP contribution in [0.1, 0.15) is 38.2 Å². The molecular weight excluding hydrogens is 212 g/mol. The van der Waals surface area contributed by atoms with E-state index in [1.807, 2.05) is 10.9 Å². The SMILES string of the molecule is CCn1cc(CN2CCCC2CCCN)cn1. The summed E-state index contributed by atoms with van der Waals surface area (Å²) >= 11 is 0.